The zero-order chi connectivity index (χ0) is 15.1. The zero-order valence-electron chi connectivity index (χ0n) is 11.5. The molecular formula is C15H15NO4S. The predicted molar refractivity (Wildman–Crippen MR) is 81.0 cm³/mol. The van der Waals surface area contributed by atoms with E-state index in [-0.39, 0.29) is 0 Å². The molecule has 6 heteroatoms. The number of nitrogens with zero attached hydrogens (tertiary/aromatic N) is 1. The van der Waals surface area contributed by atoms with Crippen molar-refractivity contribution in [2.24, 2.45) is 0 Å². The van der Waals surface area contributed by atoms with Gasteiger partial charge in [-0.1, -0.05) is 12.1 Å². The van der Waals surface area contributed by atoms with Crippen molar-refractivity contribution in [3.05, 3.63) is 46.4 Å². The Morgan fingerprint density at radius 2 is 2.14 bits per heavy atom. The van der Waals surface area contributed by atoms with E-state index in [0.29, 0.717) is 24.5 Å². The van der Waals surface area contributed by atoms with E-state index in [1.807, 2.05) is 24.3 Å². The number of methoxy groups -OCH3 is 1. The highest BCUT2D eigenvalue weighted by Crippen LogP contribution is 2.26. The smallest absolute Gasteiger partial charge is 0.328 e. The van der Waals surface area contributed by atoms with Gasteiger partial charge in [0, 0.05) is 23.6 Å². The Morgan fingerprint density at radius 1 is 1.38 bits per heavy atom. The molecule has 0 bridgehead atoms. The average molecular weight is 305 g/mol. The number of hydrogen-bond donors (Lipinski definition) is 1. The van der Waals surface area contributed by atoms with Crippen molar-refractivity contribution in [3.8, 4) is 11.5 Å². The molecule has 0 saturated carbocycles. The quantitative estimate of drug-likeness (QED) is 0.797. The molecule has 1 heterocycles. The first kappa shape index (κ1) is 15.1. The fourth-order valence-electron chi connectivity index (χ4n) is 1.66. The lowest BCUT2D eigenvalue weighted by Crippen LogP contribution is -2.02. The molecule has 2 aromatic rings. The average Bonchev–Trinajstić information content (AvgIpc) is 2.93. The van der Waals surface area contributed by atoms with E-state index < -0.39 is 5.97 Å². The van der Waals surface area contributed by atoms with Crippen LogP contribution in [0.25, 0.3) is 6.08 Å². The number of hydrogen-bond acceptors (Lipinski definition) is 5. The largest absolute Gasteiger partial charge is 0.493 e. The van der Waals surface area contributed by atoms with E-state index in [2.05, 4.69) is 4.98 Å². The number of benzene rings is 1. The lowest BCUT2D eigenvalue weighted by Gasteiger charge is -2.09. The van der Waals surface area contributed by atoms with E-state index in [1.165, 1.54) is 17.4 Å². The summed E-state index contributed by atoms with van der Waals surface area (Å²) < 4.78 is 10.9. The molecule has 0 radical (unpaired) electrons. The normalized spacial score (nSPS) is 10.7. The summed E-state index contributed by atoms with van der Waals surface area (Å²) in [4.78, 5) is 15.5. The second kappa shape index (κ2) is 7.44. The summed E-state index contributed by atoms with van der Waals surface area (Å²) in [5.41, 5.74) is 0. The van der Waals surface area contributed by atoms with E-state index in [9.17, 15) is 4.79 Å². The van der Waals surface area contributed by atoms with Gasteiger partial charge in [-0.2, -0.15) is 0 Å². The van der Waals surface area contributed by atoms with Crippen LogP contribution in [0.15, 0.2) is 36.5 Å². The molecule has 0 amide bonds. The van der Waals surface area contributed by atoms with Gasteiger partial charge in [-0.15, -0.1) is 11.3 Å². The van der Waals surface area contributed by atoms with Gasteiger partial charge in [0.15, 0.2) is 11.5 Å². The van der Waals surface area contributed by atoms with Crippen LogP contribution in [0.2, 0.25) is 0 Å². The molecule has 21 heavy (non-hydrogen) atoms. The highest BCUT2D eigenvalue weighted by Gasteiger charge is 2.04. The third-order valence-corrected chi connectivity index (χ3v) is 3.63. The maximum atomic E-state index is 10.4. The van der Waals surface area contributed by atoms with Crippen LogP contribution < -0.4 is 9.47 Å². The molecule has 0 fully saturated rings. The Labute approximate surface area is 126 Å². The number of para-hydroxylation sites is 2. The lowest BCUT2D eigenvalue weighted by atomic mass is 10.3. The Kier molecular flexibility index (Phi) is 5.34. The first-order chi connectivity index (χ1) is 10.2. The van der Waals surface area contributed by atoms with Gasteiger partial charge in [-0.05, 0) is 18.2 Å². The van der Waals surface area contributed by atoms with Crippen LogP contribution in [0.5, 0.6) is 11.5 Å². The maximum Gasteiger partial charge on any atom is 0.328 e. The second-order valence-electron chi connectivity index (χ2n) is 4.08. The van der Waals surface area contributed by atoms with Crippen LogP contribution in [0.1, 0.15) is 9.88 Å². The van der Waals surface area contributed by atoms with Gasteiger partial charge in [0.05, 0.1) is 18.7 Å². The minimum atomic E-state index is -0.968. The molecular weight excluding hydrogens is 290 g/mol. The molecule has 1 aromatic heterocycles. The van der Waals surface area contributed by atoms with Crippen LogP contribution in [0, 0.1) is 0 Å². The fourth-order valence-corrected chi connectivity index (χ4v) is 2.46. The number of ether oxygens (including phenoxy) is 2. The highest BCUT2D eigenvalue weighted by molar-refractivity contribution is 7.12. The molecule has 1 aromatic carbocycles. The number of carbonyl (C=O) groups is 1. The summed E-state index contributed by atoms with van der Waals surface area (Å²) in [5, 5.41) is 9.46. The summed E-state index contributed by atoms with van der Waals surface area (Å²) in [6.07, 6.45) is 4.94. The van der Waals surface area contributed by atoms with Gasteiger partial charge in [-0.3, -0.25) is 0 Å². The number of aliphatic carboxylic acids is 1. The lowest BCUT2D eigenvalue weighted by molar-refractivity contribution is -0.131. The topological polar surface area (TPSA) is 68.7 Å². The van der Waals surface area contributed by atoms with E-state index in [4.69, 9.17) is 14.6 Å². The monoisotopic (exact) mass is 305 g/mol. The minimum absolute atomic E-state index is 0.482. The van der Waals surface area contributed by atoms with Crippen molar-refractivity contribution in [2.75, 3.05) is 13.7 Å². The summed E-state index contributed by atoms with van der Waals surface area (Å²) in [7, 11) is 1.60. The van der Waals surface area contributed by atoms with Crippen molar-refractivity contribution >= 4 is 23.4 Å². The number of carboxylic acids is 1. The molecule has 0 saturated heterocycles. The molecule has 2 rings (SSSR count). The van der Waals surface area contributed by atoms with Crippen molar-refractivity contribution in [1.82, 2.24) is 4.98 Å². The molecule has 0 aliphatic carbocycles. The van der Waals surface area contributed by atoms with Gasteiger partial charge in [-0.25, -0.2) is 9.78 Å². The van der Waals surface area contributed by atoms with Crippen molar-refractivity contribution < 1.29 is 19.4 Å². The zero-order valence-corrected chi connectivity index (χ0v) is 12.3. The number of rotatable bonds is 7. The van der Waals surface area contributed by atoms with Gasteiger partial charge in [0.25, 0.3) is 0 Å². The molecule has 110 valence electrons. The second-order valence-corrected chi connectivity index (χ2v) is 5.22. The van der Waals surface area contributed by atoms with Crippen LogP contribution >= 0.6 is 11.3 Å². The third-order valence-electron chi connectivity index (χ3n) is 2.60. The Morgan fingerprint density at radius 3 is 2.86 bits per heavy atom. The molecule has 0 aliphatic rings. The molecule has 0 atom stereocenters. The summed E-state index contributed by atoms with van der Waals surface area (Å²) >= 11 is 1.45. The van der Waals surface area contributed by atoms with Gasteiger partial charge < -0.3 is 14.6 Å². The van der Waals surface area contributed by atoms with Crippen molar-refractivity contribution in [1.29, 1.82) is 0 Å². The Hall–Kier alpha value is -2.34. The number of aromatic nitrogens is 1. The van der Waals surface area contributed by atoms with Gasteiger partial charge in [0.2, 0.25) is 0 Å². The third kappa shape index (κ3) is 4.61. The van der Waals surface area contributed by atoms with Crippen LogP contribution in [-0.2, 0) is 11.2 Å². The first-order valence-electron chi connectivity index (χ1n) is 6.30. The Balaban J connectivity index is 1.87. The fraction of sp³-hybridized carbons (Fsp3) is 0.200. The predicted octanol–water partition coefficient (Wildman–Crippen LogP) is 2.87. The first-order valence-corrected chi connectivity index (χ1v) is 7.12. The Bertz CT molecular complexity index is 636. The van der Waals surface area contributed by atoms with Gasteiger partial charge in [0.1, 0.15) is 0 Å². The van der Waals surface area contributed by atoms with E-state index in [1.54, 1.807) is 13.3 Å². The molecule has 1 N–H and O–H groups in total. The minimum Gasteiger partial charge on any atom is -0.493 e. The summed E-state index contributed by atoms with van der Waals surface area (Å²) in [5.74, 6) is 0.425. The van der Waals surface area contributed by atoms with Crippen LogP contribution in [0.4, 0.5) is 0 Å². The molecule has 0 unspecified atom stereocenters. The molecule has 0 aliphatic heterocycles. The number of carboxylic acid groups (broad SMARTS) is 1. The summed E-state index contributed by atoms with van der Waals surface area (Å²) in [6, 6.07) is 7.46. The van der Waals surface area contributed by atoms with Crippen molar-refractivity contribution in [3.63, 3.8) is 0 Å². The van der Waals surface area contributed by atoms with Gasteiger partial charge >= 0.3 is 5.97 Å². The van der Waals surface area contributed by atoms with E-state index in [0.717, 1.165) is 16.0 Å². The standard InChI is InChI=1S/C15H15NO4S/c1-19-12-4-2-3-5-13(12)20-9-8-14-16-10-11(21-14)6-7-15(17)18/h2-7,10H,8-9H2,1H3,(H,17,18)/b7-6+. The molecule has 5 nitrogen and oxygen atoms in total. The maximum absolute atomic E-state index is 10.4. The number of thiazole rings is 1. The van der Waals surface area contributed by atoms with Crippen LogP contribution in [0.3, 0.4) is 0 Å². The highest BCUT2D eigenvalue weighted by atomic mass is 32.1. The van der Waals surface area contributed by atoms with Crippen LogP contribution in [-0.4, -0.2) is 29.8 Å². The van der Waals surface area contributed by atoms with E-state index >= 15 is 0 Å². The summed E-state index contributed by atoms with van der Waals surface area (Å²) in [6.45, 7) is 0.482. The van der Waals surface area contributed by atoms with Crippen molar-refractivity contribution in [2.45, 2.75) is 6.42 Å². The SMILES string of the molecule is COc1ccccc1OCCc1ncc(/C=C/C(=O)O)s1. The molecule has 0 spiro atoms.